The van der Waals surface area contributed by atoms with E-state index < -0.39 is 0 Å². The zero-order valence-corrected chi connectivity index (χ0v) is 13.8. The van der Waals surface area contributed by atoms with Crippen LogP contribution in [0.5, 0.6) is 0 Å². The van der Waals surface area contributed by atoms with Gasteiger partial charge in [0.1, 0.15) is 6.33 Å². The second-order valence-corrected chi connectivity index (χ2v) is 6.32. The lowest BCUT2D eigenvalue weighted by Crippen LogP contribution is -2.28. The molecule has 0 unspecified atom stereocenters. The number of hydrogen-bond acceptors (Lipinski definition) is 5. The molecule has 2 heterocycles. The van der Waals surface area contributed by atoms with Gasteiger partial charge in [0, 0.05) is 17.2 Å². The van der Waals surface area contributed by atoms with Crippen LogP contribution in [0.25, 0.3) is 0 Å². The monoisotopic (exact) mass is 355 g/mol. The lowest BCUT2D eigenvalue weighted by molar-refractivity contribution is -0.384. The van der Waals surface area contributed by atoms with Gasteiger partial charge in [0.05, 0.1) is 17.0 Å². The number of benzene rings is 2. The summed E-state index contributed by atoms with van der Waals surface area (Å²) in [7, 11) is 0. The number of nitrogens with one attached hydrogen (secondary N) is 1. The first-order valence-corrected chi connectivity index (χ1v) is 8.15. The molecule has 3 aromatic rings. The van der Waals surface area contributed by atoms with E-state index in [0.717, 1.165) is 11.1 Å². The molecular formula is C17H14ClN5O2. The smallest absolute Gasteiger partial charge is 0.269 e. The highest BCUT2D eigenvalue weighted by molar-refractivity contribution is 6.30. The van der Waals surface area contributed by atoms with Crippen LogP contribution in [0.2, 0.25) is 5.02 Å². The van der Waals surface area contributed by atoms with Crippen molar-refractivity contribution < 1.29 is 4.92 Å². The Morgan fingerprint density at radius 3 is 2.76 bits per heavy atom. The van der Waals surface area contributed by atoms with E-state index in [1.165, 1.54) is 12.4 Å². The third kappa shape index (κ3) is 2.94. The van der Waals surface area contributed by atoms with Crippen molar-refractivity contribution in [3.8, 4) is 0 Å². The molecule has 0 saturated carbocycles. The summed E-state index contributed by atoms with van der Waals surface area (Å²) < 4.78 is 1.77. The average Bonchev–Trinajstić information content (AvgIpc) is 3.10. The molecule has 7 nitrogen and oxygen atoms in total. The maximum atomic E-state index is 11.1. The number of hydrogen-bond donors (Lipinski definition) is 1. The number of non-ortho nitro benzene ring substituents is 1. The normalized spacial score (nSPS) is 19.1. The van der Waals surface area contributed by atoms with Crippen molar-refractivity contribution in [3.05, 3.63) is 81.1 Å². The first-order chi connectivity index (χ1) is 12.1. The fourth-order valence-corrected chi connectivity index (χ4v) is 3.28. The summed E-state index contributed by atoms with van der Waals surface area (Å²) in [6.07, 6.45) is 2.18. The number of halogens is 1. The molecule has 0 spiro atoms. The van der Waals surface area contributed by atoms with Gasteiger partial charge in [-0.2, -0.15) is 10.1 Å². The van der Waals surface area contributed by atoms with Crippen LogP contribution >= 0.6 is 11.6 Å². The average molecular weight is 356 g/mol. The molecule has 1 aliphatic heterocycles. The minimum Gasteiger partial charge on any atom is -0.348 e. The van der Waals surface area contributed by atoms with Gasteiger partial charge in [-0.25, -0.2) is 4.68 Å². The minimum absolute atomic E-state index is 0.0122. The van der Waals surface area contributed by atoms with Gasteiger partial charge in [0.15, 0.2) is 0 Å². The van der Waals surface area contributed by atoms with Crippen LogP contribution in [-0.4, -0.2) is 19.7 Å². The standard InChI is InChI=1S/C17H14ClN5O2/c18-13-6-4-11(5-7-13)15-9-16(22-17(21-15)19-10-20-22)12-2-1-3-14(8-12)23(24)25/h1-8,10,15-16H,9H2,(H,19,20,21)/t15-,16+/m0/s1. The Kier molecular flexibility index (Phi) is 3.85. The molecule has 0 radical (unpaired) electrons. The molecule has 1 aromatic heterocycles. The van der Waals surface area contributed by atoms with Gasteiger partial charge >= 0.3 is 0 Å². The SMILES string of the molecule is O=[N+]([O-])c1cccc([C@H]2C[C@@H](c3ccc(Cl)cc3)Nc3ncnn32)c1. The second-order valence-electron chi connectivity index (χ2n) is 5.88. The van der Waals surface area contributed by atoms with Gasteiger partial charge in [-0.15, -0.1) is 0 Å². The van der Waals surface area contributed by atoms with Gasteiger partial charge in [-0.05, 0) is 29.7 Å². The molecule has 8 heteroatoms. The first kappa shape index (κ1) is 15.6. The van der Waals surface area contributed by atoms with E-state index in [-0.39, 0.29) is 22.7 Å². The Balaban J connectivity index is 1.73. The van der Waals surface area contributed by atoms with E-state index in [1.807, 2.05) is 30.3 Å². The summed E-state index contributed by atoms with van der Waals surface area (Å²) in [4.78, 5) is 15.0. The zero-order chi connectivity index (χ0) is 17.4. The zero-order valence-electron chi connectivity index (χ0n) is 13.0. The van der Waals surface area contributed by atoms with Crippen molar-refractivity contribution in [1.82, 2.24) is 14.8 Å². The van der Waals surface area contributed by atoms with Crippen LogP contribution in [0.15, 0.2) is 54.9 Å². The van der Waals surface area contributed by atoms with Gasteiger partial charge in [0.25, 0.3) is 5.69 Å². The van der Waals surface area contributed by atoms with E-state index >= 15 is 0 Å². The maximum Gasteiger partial charge on any atom is 0.269 e. The van der Waals surface area contributed by atoms with Crippen molar-refractivity contribution in [1.29, 1.82) is 0 Å². The largest absolute Gasteiger partial charge is 0.348 e. The lowest BCUT2D eigenvalue weighted by Gasteiger charge is -2.31. The lowest BCUT2D eigenvalue weighted by atomic mass is 9.93. The van der Waals surface area contributed by atoms with E-state index in [2.05, 4.69) is 15.4 Å². The molecule has 2 atom stereocenters. The molecule has 0 fully saturated rings. The van der Waals surface area contributed by atoms with Crippen molar-refractivity contribution in [2.24, 2.45) is 0 Å². The summed E-state index contributed by atoms with van der Waals surface area (Å²) in [6.45, 7) is 0. The van der Waals surface area contributed by atoms with Gasteiger partial charge < -0.3 is 5.32 Å². The maximum absolute atomic E-state index is 11.1. The van der Waals surface area contributed by atoms with Gasteiger partial charge in [0.2, 0.25) is 5.95 Å². The number of rotatable bonds is 3. The molecule has 1 aliphatic rings. The Morgan fingerprint density at radius 2 is 2.00 bits per heavy atom. The topological polar surface area (TPSA) is 85.9 Å². The molecular weight excluding hydrogens is 342 g/mol. The Bertz CT molecular complexity index is 925. The fourth-order valence-electron chi connectivity index (χ4n) is 3.16. The van der Waals surface area contributed by atoms with Gasteiger partial charge in [-0.1, -0.05) is 35.9 Å². The molecule has 25 heavy (non-hydrogen) atoms. The van der Waals surface area contributed by atoms with Crippen LogP contribution in [0, 0.1) is 10.1 Å². The van der Waals surface area contributed by atoms with Crippen LogP contribution in [0.3, 0.4) is 0 Å². The van der Waals surface area contributed by atoms with Crippen LogP contribution in [-0.2, 0) is 0 Å². The minimum atomic E-state index is -0.385. The molecule has 0 bridgehead atoms. The summed E-state index contributed by atoms with van der Waals surface area (Å²) in [6, 6.07) is 14.2. The highest BCUT2D eigenvalue weighted by Gasteiger charge is 2.30. The summed E-state index contributed by atoms with van der Waals surface area (Å²) in [5.41, 5.74) is 1.98. The second kappa shape index (κ2) is 6.18. The highest BCUT2D eigenvalue weighted by atomic mass is 35.5. The van der Waals surface area contributed by atoms with Gasteiger partial charge in [-0.3, -0.25) is 10.1 Å². The third-order valence-corrected chi connectivity index (χ3v) is 4.62. The number of nitro benzene ring substituents is 1. The van der Waals surface area contributed by atoms with E-state index in [1.54, 1.807) is 16.8 Å². The molecule has 2 aromatic carbocycles. The van der Waals surface area contributed by atoms with E-state index in [9.17, 15) is 10.1 Å². The number of nitro groups is 1. The summed E-state index contributed by atoms with van der Waals surface area (Å²) in [5.74, 6) is 0.641. The predicted octanol–water partition coefficient (Wildman–Crippen LogP) is 3.99. The van der Waals surface area contributed by atoms with Crippen LogP contribution in [0.4, 0.5) is 11.6 Å². The van der Waals surface area contributed by atoms with Crippen molar-refractivity contribution in [3.63, 3.8) is 0 Å². The highest BCUT2D eigenvalue weighted by Crippen LogP contribution is 2.38. The quantitative estimate of drug-likeness (QED) is 0.567. The number of nitrogens with zero attached hydrogens (tertiary/aromatic N) is 4. The number of aromatic nitrogens is 3. The van der Waals surface area contributed by atoms with Crippen molar-refractivity contribution >= 4 is 23.2 Å². The molecule has 4 rings (SSSR count). The fraction of sp³-hybridized carbons (Fsp3) is 0.176. The van der Waals surface area contributed by atoms with Crippen molar-refractivity contribution in [2.45, 2.75) is 18.5 Å². The Labute approximate surface area is 148 Å². The first-order valence-electron chi connectivity index (χ1n) is 7.77. The predicted molar refractivity (Wildman–Crippen MR) is 93.7 cm³/mol. The molecule has 0 aliphatic carbocycles. The summed E-state index contributed by atoms with van der Waals surface area (Å²) in [5, 5.41) is 19.4. The number of anilines is 1. The number of fused-ring (bicyclic) bond motifs is 1. The summed E-state index contributed by atoms with van der Waals surface area (Å²) >= 11 is 5.98. The third-order valence-electron chi connectivity index (χ3n) is 4.37. The molecule has 0 amide bonds. The van der Waals surface area contributed by atoms with Crippen LogP contribution < -0.4 is 5.32 Å². The molecule has 1 N–H and O–H groups in total. The van der Waals surface area contributed by atoms with Crippen molar-refractivity contribution in [2.75, 3.05) is 5.32 Å². The van der Waals surface area contributed by atoms with E-state index in [0.29, 0.717) is 17.4 Å². The molecule has 0 saturated heterocycles. The van der Waals surface area contributed by atoms with Crippen LogP contribution in [0.1, 0.15) is 29.6 Å². The Morgan fingerprint density at radius 1 is 1.20 bits per heavy atom. The Hall–Kier alpha value is -2.93. The molecule has 126 valence electrons. The van der Waals surface area contributed by atoms with E-state index in [4.69, 9.17) is 11.6 Å².